The Hall–Kier alpha value is -4.08. The molecule has 1 aliphatic heterocycles. The molecule has 3 aromatic carbocycles. The molecule has 204 valence electrons. The third-order valence-corrected chi connectivity index (χ3v) is 7.94. The Kier molecular flexibility index (Phi) is 7.20. The van der Waals surface area contributed by atoms with Gasteiger partial charge in [-0.15, -0.1) is 0 Å². The monoisotopic (exact) mass is 555 g/mol. The number of nitrogens with two attached hydrogens (primary N) is 1. The first-order chi connectivity index (χ1) is 19.0. The van der Waals surface area contributed by atoms with E-state index in [2.05, 4.69) is 19.9 Å². The maximum absolute atomic E-state index is 13.9. The molecule has 0 amide bonds. The van der Waals surface area contributed by atoms with Gasteiger partial charge in [-0.25, -0.2) is 4.39 Å². The lowest BCUT2D eigenvalue weighted by Crippen LogP contribution is -2.42. The van der Waals surface area contributed by atoms with Gasteiger partial charge < -0.3 is 10.5 Å². The minimum atomic E-state index is -0.600. The number of hydrogen-bond donors (Lipinski definition) is 1. The molecular weight excluding hydrogens is 525 g/mol. The fraction of sp³-hybridized carbons (Fsp3) is 0.273. The number of allylic oxidation sites excluding steroid dienone is 3. The Morgan fingerprint density at radius 1 is 1.10 bits per heavy atom. The van der Waals surface area contributed by atoms with Gasteiger partial charge in [-0.05, 0) is 90.9 Å². The lowest BCUT2D eigenvalue weighted by Gasteiger charge is -2.44. The second-order valence-corrected chi connectivity index (χ2v) is 11.8. The van der Waals surface area contributed by atoms with Crippen LogP contribution < -0.4 is 15.4 Å². The quantitative estimate of drug-likeness (QED) is 0.350. The van der Waals surface area contributed by atoms with Crippen LogP contribution in [0.4, 0.5) is 10.1 Å². The standard InChI is InChI=1S/C33H31ClFN3O2/c1-19-13-21(18-40-25-11-7-23(35)8-12-25)20(2)26(14-19)30-27(17-36)32(37)38(24-9-5-22(34)6-10-24)28-15-33(3,4)16-29(39)31(28)30/h5-14,30H,15-16,18,37H2,1-4H3. The number of anilines is 1. The second-order valence-electron chi connectivity index (χ2n) is 11.3. The summed E-state index contributed by atoms with van der Waals surface area (Å²) in [6.07, 6.45) is 0.999. The molecule has 5 rings (SSSR count). The molecule has 2 aliphatic rings. The van der Waals surface area contributed by atoms with Gasteiger partial charge in [0.2, 0.25) is 0 Å². The van der Waals surface area contributed by atoms with Crippen molar-refractivity contribution >= 4 is 23.1 Å². The first kappa shape index (κ1) is 27.5. The summed E-state index contributed by atoms with van der Waals surface area (Å²) >= 11 is 6.16. The average Bonchev–Trinajstić information content (AvgIpc) is 2.89. The van der Waals surface area contributed by atoms with E-state index in [1.165, 1.54) is 12.1 Å². The van der Waals surface area contributed by atoms with Crippen molar-refractivity contribution in [3.05, 3.63) is 116 Å². The summed E-state index contributed by atoms with van der Waals surface area (Å²) in [6, 6.07) is 19.6. The molecule has 40 heavy (non-hydrogen) atoms. The number of hydrogen-bond acceptors (Lipinski definition) is 5. The van der Waals surface area contributed by atoms with E-state index in [1.54, 1.807) is 24.3 Å². The number of halogens is 2. The van der Waals surface area contributed by atoms with Gasteiger partial charge in [0.15, 0.2) is 5.78 Å². The number of carbonyl (C=O) groups is 1. The van der Waals surface area contributed by atoms with Crippen molar-refractivity contribution in [3.8, 4) is 11.8 Å². The fourth-order valence-corrected chi connectivity index (χ4v) is 5.94. The minimum absolute atomic E-state index is 0.0143. The summed E-state index contributed by atoms with van der Waals surface area (Å²) in [5.74, 6) is -0.0537. The van der Waals surface area contributed by atoms with Crippen LogP contribution in [0.3, 0.4) is 0 Å². The number of benzene rings is 3. The smallest absolute Gasteiger partial charge is 0.162 e. The Labute approximate surface area is 239 Å². The molecule has 3 aromatic rings. The zero-order chi connectivity index (χ0) is 28.8. The lowest BCUT2D eigenvalue weighted by molar-refractivity contribution is -0.118. The number of nitriles is 1. The van der Waals surface area contributed by atoms with Gasteiger partial charge in [0, 0.05) is 28.4 Å². The maximum atomic E-state index is 13.9. The first-order valence-electron chi connectivity index (χ1n) is 13.2. The van der Waals surface area contributed by atoms with E-state index in [4.69, 9.17) is 22.1 Å². The number of nitrogens with zero attached hydrogens (tertiary/aromatic N) is 2. The highest BCUT2D eigenvalue weighted by Gasteiger charge is 2.45. The van der Waals surface area contributed by atoms with Crippen LogP contribution in [0.2, 0.25) is 5.02 Å². The van der Waals surface area contributed by atoms with E-state index in [9.17, 15) is 14.4 Å². The summed E-state index contributed by atoms with van der Waals surface area (Å²) in [7, 11) is 0. The molecule has 2 N–H and O–H groups in total. The van der Waals surface area contributed by atoms with Crippen molar-refractivity contribution in [1.29, 1.82) is 5.26 Å². The fourth-order valence-electron chi connectivity index (χ4n) is 5.81. The molecule has 7 heteroatoms. The van der Waals surface area contributed by atoms with Crippen LogP contribution in [0.15, 0.2) is 83.3 Å². The van der Waals surface area contributed by atoms with Crippen LogP contribution in [-0.4, -0.2) is 5.78 Å². The molecule has 5 nitrogen and oxygen atoms in total. The second kappa shape index (κ2) is 10.5. The molecule has 0 saturated carbocycles. The van der Waals surface area contributed by atoms with Gasteiger partial charge in [-0.1, -0.05) is 43.1 Å². The highest BCUT2D eigenvalue weighted by atomic mass is 35.5. The third kappa shape index (κ3) is 5.10. The SMILES string of the molecule is Cc1cc(COc2ccc(F)cc2)c(C)c(C2C(C#N)=C(N)N(c3ccc(Cl)cc3)C3=C2C(=O)CC(C)(C)C3)c1. The van der Waals surface area contributed by atoms with E-state index in [1.807, 2.05) is 43.0 Å². The van der Waals surface area contributed by atoms with Crippen molar-refractivity contribution in [2.75, 3.05) is 4.90 Å². The summed E-state index contributed by atoms with van der Waals surface area (Å²) in [6.45, 7) is 8.36. The number of rotatable bonds is 5. The molecule has 0 bridgehead atoms. The van der Waals surface area contributed by atoms with E-state index in [0.717, 1.165) is 33.6 Å². The zero-order valence-electron chi connectivity index (χ0n) is 23.0. The highest BCUT2D eigenvalue weighted by Crippen LogP contribution is 2.51. The topological polar surface area (TPSA) is 79.3 Å². The molecule has 1 heterocycles. The lowest BCUT2D eigenvalue weighted by atomic mass is 9.68. The van der Waals surface area contributed by atoms with E-state index in [0.29, 0.717) is 40.6 Å². The molecule has 1 aliphatic carbocycles. The molecule has 0 saturated heterocycles. The summed E-state index contributed by atoms with van der Waals surface area (Å²) in [4.78, 5) is 15.8. The summed E-state index contributed by atoms with van der Waals surface area (Å²) in [5.41, 5.74) is 12.7. The molecule has 0 aromatic heterocycles. The maximum Gasteiger partial charge on any atom is 0.162 e. The predicted molar refractivity (Wildman–Crippen MR) is 155 cm³/mol. The van der Waals surface area contributed by atoms with Crippen LogP contribution in [0, 0.1) is 36.4 Å². The van der Waals surface area contributed by atoms with Gasteiger partial charge in [-0.3, -0.25) is 9.69 Å². The number of ether oxygens (including phenoxy) is 1. The first-order valence-corrected chi connectivity index (χ1v) is 13.6. The zero-order valence-corrected chi connectivity index (χ0v) is 23.8. The van der Waals surface area contributed by atoms with Crippen LogP contribution in [0.25, 0.3) is 0 Å². The Morgan fingerprint density at radius 2 is 1.77 bits per heavy atom. The number of carbonyl (C=O) groups excluding carboxylic acids is 1. The Bertz CT molecular complexity index is 1600. The van der Waals surface area contributed by atoms with Crippen molar-refractivity contribution in [1.82, 2.24) is 0 Å². The van der Waals surface area contributed by atoms with Crippen molar-refractivity contribution in [3.63, 3.8) is 0 Å². The van der Waals surface area contributed by atoms with E-state index >= 15 is 0 Å². The molecule has 0 spiro atoms. The Morgan fingerprint density at radius 3 is 2.42 bits per heavy atom. The van der Waals surface area contributed by atoms with E-state index in [-0.39, 0.29) is 23.6 Å². The van der Waals surface area contributed by atoms with Gasteiger partial charge in [0.05, 0.1) is 17.6 Å². The number of aryl methyl sites for hydroxylation is 1. The molecule has 1 atom stereocenters. The van der Waals surface area contributed by atoms with Crippen LogP contribution >= 0.6 is 11.6 Å². The normalized spacial score (nSPS) is 18.5. The number of Topliss-reactive ketones (excluding diaryl/α,β-unsaturated/α-hetero) is 1. The molecule has 0 fully saturated rings. The van der Waals surface area contributed by atoms with Crippen LogP contribution in [0.5, 0.6) is 5.75 Å². The molecule has 1 unspecified atom stereocenters. The average molecular weight is 556 g/mol. The van der Waals surface area contributed by atoms with Gasteiger partial charge in [-0.2, -0.15) is 5.26 Å². The van der Waals surface area contributed by atoms with Crippen LogP contribution in [0.1, 0.15) is 54.9 Å². The van der Waals surface area contributed by atoms with Gasteiger partial charge >= 0.3 is 0 Å². The minimum Gasteiger partial charge on any atom is -0.489 e. The van der Waals surface area contributed by atoms with Crippen molar-refractivity contribution < 1.29 is 13.9 Å². The van der Waals surface area contributed by atoms with Crippen molar-refractivity contribution in [2.45, 2.75) is 53.1 Å². The third-order valence-electron chi connectivity index (χ3n) is 7.68. The summed E-state index contributed by atoms with van der Waals surface area (Å²) < 4.78 is 19.3. The highest BCUT2D eigenvalue weighted by molar-refractivity contribution is 6.30. The molecular formula is C33H31ClFN3O2. The van der Waals surface area contributed by atoms with Gasteiger partial charge in [0.1, 0.15) is 24.0 Å². The predicted octanol–water partition coefficient (Wildman–Crippen LogP) is 7.62. The number of ketones is 1. The van der Waals surface area contributed by atoms with Gasteiger partial charge in [0.25, 0.3) is 0 Å². The van der Waals surface area contributed by atoms with Crippen LogP contribution in [-0.2, 0) is 11.4 Å². The van der Waals surface area contributed by atoms with E-state index < -0.39 is 5.92 Å². The largest absolute Gasteiger partial charge is 0.489 e. The van der Waals surface area contributed by atoms with Crippen molar-refractivity contribution in [2.24, 2.45) is 11.1 Å². The molecule has 0 radical (unpaired) electrons. The Balaban J connectivity index is 1.66. The summed E-state index contributed by atoms with van der Waals surface area (Å²) in [5, 5.41) is 11.0.